The summed E-state index contributed by atoms with van der Waals surface area (Å²) in [7, 11) is -0.970. The van der Waals surface area contributed by atoms with E-state index in [1.54, 1.807) is 6.20 Å². The maximum absolute atomic E-state index is 12.8. The highest BCUT2D eigenvalue weighted by molar-refractivity contribution is 7.85. The molecule has 5 nitrogen and oxygen atoms in total. The van der Waals surface area contributed by atoms with Gasteiger partial charge >= 0.3 is 0 Å². The Morgan fingerprint density at radius 2 is 1.82 bits per heavy atom. The van der Waals surface area contributed by atoms with Gasteiger partial charge in [0, 0.05) is 41.5 Å². The molecule has 2 heterocycles. The number of carbonyl (C=O) groups is 1. The summed E-state index contributed by atoms with van der Waals surface area (Å²) in [6.45, 7) is 8.28. The second kappa shape index (κ2) is 10.8. The van der Waals surface area contributed by atoms with Crippen LogP contribution in [0.2, 0.25) is 5.02 Å². The van der Waals surface area contributed by atoms with E-state index in [2.05, 4.69) is 36.2 Å². The molecule has 0 spiro atoms. The number of hydrogen-bond donors (Lipinski definition) is 1. The topological polar surface area (TPSA) is 62.3 Å². The molecule has 0 bridgehead atoms. The van der Waals surface area contributed by atoms with E-state index in [1.807, 2.05) is 49.4 Å². The van der Waals surface area contributed by atoms with Gasteiger partial charge in [0.1, 0.15) is 0 Å². The number of aromatic nitrogens is 1. The quantitative estimate of drug-likeness (QED) is 0.448. The molecule has 0 fully saturated rings. The van der Waals surface area contributed by atoms with Crippen LogP contribution in [-0.2, 0) is 30.4 Å². The summed E-state index contributed by atoms with van der Waals surface area (Å²) < 4.78 is 11.9. The van der Waals surface area contributed by atoms with Crippen molar-refractivity contribution in [3.8, 4) is 0 Å². The first-order valence-corrected chi connectivity index (χ1v) is 13.3. The highest BCUT2D eigenvalue weighted by atomic mass is 35.5. The lowest BCUT2D eigenvalue weighted by Crippen LogP contribution is -2.25. The first kappa shape index (κ1) is 24.6. The van der Waals surface area contributed by atoms with Crippen molar-refractivity contribution in [1.29, 1.82) is 0 Å². The Morgan fingerprint density at radius 1 is 1.15 bits per heavy atom. The van der Waals surface area contributed by atoms with Gasteiger partial charge in [0.2, 0.25) is 0 Å². The second-order valence-corrected chi connectivity index (χ2v) is 11.1. The third-order valence-corrected chi connectivity index (χ3v) is 7.72. The molecule has 2 atom stereocenters. The number of rotatable bonds is 8. The molecule has 1 aliphatic heterocycles. The maximum Gasteiger partial charge on any atom is 0.253 e. The average molecular weight is 496 g/mol. The van der Waals surface area contributed by atoms with Crippen LogP contribution in [0.15, 0.2) is 65.7 Å². The zero-order valence-corrected chi connectivity index (χ0v) is 21.3. The second-order valence-electron chi connectivity index (χ2n) is 8.95. The molecule has 34 heavy (non-hydrogen) atoms. The predicted molar refractivity (Wildman–Crippen MR) is 137 cm³/mol. The number of nitrogens with one attached hydrogen (secondary N) is 1. The van der Waals surface area contributed by atoms with Crippen molar-refractivity contribution in [3.05, 3.63) is 93.8 Å². The monoisotopic (exact) mass is 495 g/mol. The van der Waals surface area contributed by atoms with E-state index < -0.39 is 10.8 Å². The van der Waals surface area contributed by atoms with Gasteiger partial charge in [-0.25, -0.2) is 0 Å². The van der Waals surface area contributed by atoms with Crippen LogP contribution in [0.25, 0.3) is 0 Å². The molecule has 0 saturated heterocycles. The lowest BCUT2D eigenvalue weighted by atomic mass is 9.99. The maximum atomic E-state index is 12.8. The highest BCUT2D eigenvalue weighted by Gasteiger charge is 2.34. The van der Waals surface area contributed by atoms with Crippen molar-refractivity contribution in [3.63, 3.8) is 0 Å². The summed E-state index contributed by atoms with van der Waals surface area (Å²) in [6, 6.07) is 17.7. The lowest BCUT2D eigenvalue weighted by Gasteiger charge is -2.27. The Kier molecular flexibility index (Phi) is 7.81. The van der Waals surface area contributed by atoms with Gasteiger partial charge in [-0.15, -0.1) is 0 Å². The molecule has 1 aliphatic rings. The molecule has 0 aliphatic carbocycles. The minimum absolute atomic E-state index is 0.145. The smallest absolute Gasteiger partial charge is 0.253 e. The molecule has 1 unspecified atom stereocenters. The van der Waals surface area contributed by atoms with E-state index in [9.17, 15) is 9.00 Å². The van der Waals surface area contributed by atoms with Gasteiger partial charge in [0.15, 0.2) is 0 Å². The first-order chi connectivity index (χ1) is 16.4. The largest absolute Gasteiger partial charge is 0.348 e. The first-order valence-electron chi connectivity index (χ1n) is 11.6. The van der Waals surface area contributed by atoms with Crippen LogP contribution in [0, 0.1) is 5.92 Å². The molecule has 4 rings (SSSR count). The summed E-state index contributed by atoms with van der Waals surface area (Å²) in [5.74, 6) is 0.843. The molecule has 0 saturated carbocycles. The SMILES string of the molecule is CCS(=O)c1ccc(CNC(=O)c2cnc3c(c2)CN(Cc2ccc(Cl)cc2)[C@H]3C(C)C)cc1. The van der Waals surface area contributed by atoms with Crippen LogP contribution in [0.1, 0.15) is 59.6 Å². The van der Waals surface area contributed by atoms with Gasteiger partial charge in [-0.3, -0.25) is 18.9 Å². The van der Waals surface area contributed by atoms with Gasteiger partial charge in [-0.1, -0.05) is 56.6 Å². The lowest BCUT2D eigenvalue weighted by molar-refractivity contribution is 0.0950. The van der Waals surface area contributed by atoms with E-state index >= 15 is 0 Å². The summed E-state index contributed by atoms with van der Waals surface area (Å²) >= 11 is 6.04. The average Bonchev–Trinajstić information content (AvgIpc) is 3.21. The molecule has 0 radical (unpaired) electrons. The van der Waals surface area contributed by atoms with Gasteiger partial charge in [0.05, 0.1) is 28.1 Å². The highest BCUT2D eigenvalue weighted by Crippen LogP contribution is 2.38. The molecule has 1 N–H and O–H groups in total. The number of benzene rings is 2. The third-order valence-electron chi connectivity index (χ3n) is 6.14. The number of nitrogens with zero attached hydrogens (tertiary/aromatic N) is 2. The fourth-order valence-electron chi connectivity index (χ4n) is 4.45. The van der Waals surface area contributed by atoms with Crippen molar-refractivity contribution in [1.82, 2.24) is 15.2 Å². The van der Waals surface area contributed by atoms with Gasteiger partial charge < -0.3 is 5.32 Å². The zero-order valence-electron chi connectivity index (χ0n) is 19.8. The molecular formula is C27H30ClN3O2S. The van der Waals surface area contributed by atoms with Gasteiger partial charge in [-0.05, 0) is 52.9 Å². The molecule has 178 valence electrons. The Labute approximate surface area is 209 Å². The molecule has 3 aromatic rings. The summed E-state index contributed by atoms with van der Waals surface area (Å²) in [5, 5.41) is 3.71. The van der Waals surface area contributed by atoms with E-state index in [0.717, 1.165) is 39.8 Å². The van der Waals surface area contributed by atoms with E-state index in [0.29, 0.717) is 23.8 Å². The zero-order chi connectivity index (χ0) is 24.2. The van der Waals surface area contributed by atoms with Crippen molar-refractivity contribution in [2.75, 3.05) is 5.75 Å². The van der Waals surface area contributed by atoms with Crippen LogP contribution in [-0.4, -0.2) is 25.8 Å². The van der Waals surface area contributed by atoms with Crippen LogP contribution >= 0.6 is 11.6 Å². The minimum Gasteiger partial charge on any atom is -0.348 e. The summed E-state index contributed by atoms with van der Waals surface area (Å²) in [6.07, 6.45) is 1.68. The number of fused-ring (bicyclic) bond motifs is 1. The standard InChI is InChI=1S/C27H30ClN3O2S/c1-4-34(33)24-11-7-19(8-12-24)14-30-27(32)21-13-22-17-31(16-20-5-9-23(28)10-6-20)26(18(2)3)25(22)29-15-21/h5-13,15,18,26H,4,14,16-17H2,1-3H3,(H,30,32)/t26-,34?/m0/s1. The molecular weight excluding hydrogens is 466 g/mol. The number of amides is 1. The number of hydrogen-bond acceptors (Lipinski definition) is 4. The fourth-order valence-corrected chi connectivity index (χ4v) is 5.35. The van der Waals surface area contributed by atoms with Crippen molar-refractivity contribution in [2.45, 2.75) is 51.3 Å². The van der Waals surface area contributed by atoms with Crippen molar-refractivity contribution >= 4 is 28.3 Å². The Hall–Kier alpha value is -2.54. The van der Waals surface area contributed by atoms with Crippen molar-refractivity contribution in [2.24, 2.45) is 5.92 Å². The summed E-state index contributed by atoms with van der Waals surface area (Å²) in [4.78, 5) is 20.8. The van der Waals surface area contributed by atoms with Crippen LogP contribution in [0.4, 0.5) is 0 Å². The molecule has 1 aromatic heterocycles. The number of halogens is 1. The predicted octanol–water partition coefficient (Wildman–Crippen LogP) is 5.51. The van der Waals surface area contributed by atoms with Crippen LogP contribution in [0.3, 0.4) is 0 Å². The Bertz CT molecular complexity index is 1180. The normalized spacial score (nSPS) is 16.4. The Morgan fingerprint density at radius 3 is 2.47 bits per heavy atom. The Balaban J connectivity index is 1.44. The third kappa shape index (κ3) is 5.57. The van der Waals surface area contributed by atoms with Crippen LogP contribution in [0.5, 0.6) is 0 Å². The molecule has 1 amide bonds. The molecule has 7 heteroatoms. The van der Waals surface area contributed by atoms with E-state index in [4.69, 9.17) is 16.6 Å². The van der Waals surface area contributed by atoms with E-state index in [-0.39, 0.29) is 11.9 Å². The number of pyridine rings is 1. The number of carbonyl (C=O) groups excluding carboxylic acids is 1. The fraction of sp³-hybridized carbons (Fsp3) is 0.333. The summed E-state index contributed by atoms with van der Waals surface area (Å²) in [5.41, 5.74) is 4.90. The van der Waals surface area contributed by atoms with Gasteiger partial charge in [0.25, 0.3) is 5.91 Å². The van der Waals surface area contributed by atoms with E-state index in [1.165, 1.54) is 5.56 Å². The molecule has 2 aromatic carbocycles. The van der Waals surface area contributed by atoms with Crippen LogP contribution < -0.4 is 5.32 Å². The van der Waals surface area contributed by atoms with Crippen molar-refractivity contribution < 1.29 is 9.00 Å². The van der Waals surface area contributed by atoms with Gasteiger partial charge in [-0.2, -0.15) is 0 Å². The minimum atomic E-state index is -0.970.